The molecule has 0 radical (unpaired) electrons. The van der Waals surface area contributed by atoms with Crippen LogP contribution in [0.3, 0.4) is 0 Å². The van der Waals surface area contributed by atoms with E-state index in [1.54, 1.807) is 6.07 Å². The zero-order valence-corrected chi connectivity index (χ0v) is 28.0. The fourth-order valence-corrected chi connectivity index (χ4v) is 5.43. The van der Waals surface area contributed by atoms with Crippen molar-refractivity contribution >= 4 is 48.1 Å². The molecule has 0 aliphatic carbocycles. The second-order valence-corrected chi connectivity index (χ2v) is 14.1. The van der Waals surface area contributed by atoms with Gasteiger partial charge in [0, 0.05) is 28.1 Å². The summed E-state index contributed by atoms with van der Waals surface area (Å²) in [6.45, 7) is 19.6. The molecular formula is C34H41B2F3N2O5. The molecule has 2 fully saturated rings. The highest BCUT2D eigenvalue weighted by Crippen LogP contribution is 2.39. The van der Waals surface area contributed by atoms with Crippen LogP contribution in [0.1, 0.15) is 82.4 Å². The highest BCUT2D eigenvalue weighted by atomic mass is 19.4. The van der Waals surface area contributed by atoms with Gasteiger partial charge in [-0.05, 0) is 122 Å². The van der Waals surface area contributed by atoms with Crippen molar-refractivity contribution in [3.8, 4) is 0 Å². The van der Waals surface area contributed by atoms with E-state index >= 15 is 0 Å². The molecule has 0 saturated carbocycles. The quantitative estimate of drug-likeness (QED) is 0.287. The molecule has 2 aliphatic rings. The first kappa shape index (κ1) is 34.0. The topological polar surface area (TPSA) is 78.1 Å². The average molecular weight is 636 g/mol. The maximum absolute atomic E-state index is 13.4. The Morgan fingerprint density at radius 1 is 0.674 bits per heavy atom. The molecule has 46 heavy (non-hydrogen) atoms. The summed E-state index contributed by atoms with van der Waals surface area (Å²) in [5, 5.41) is 6.34. The van der Waals surface area contributed by atoms with Crippen LogP contribution in [0.5, 0.6) is 0 Å². The van der Waals surface area contributed by atoms with Crippen LogP contribution in [0.2, 0.25) is 0 Å². The molecular weight excluding hydrogens is 595 g/mol. The van der Waals surface area contributed by atoms with Crippen molar-refractivity contribution in [1.29, 1.82) is 0 Å². The Morgan fingerprint density at radius 3 is 1.74 bits per heavy atom. The Bertz CT molecular complexity index is 1640. The van der Waals surface area contributed by atoms with Gasteiger partial charge in [0.25, 0.3) is 5.91 Å². The number of hydrogen-bond acceptors (Lipinski definition) is 6. The average Bonchev–Trinajstić information content (AvgIpc) is 3.29. The van der Waals surface area contributed by atoms with E-state index in [4.69, 9.17) is 18.6 Å². The molecule has 2 aliphatic heterocycles. The van der Waals surface area contributed by atoms with E-state index in [1.165, 1.54) is 12.1 Å². The third-order valence-corrected chi connectivity index (χ3v) is 9.86. The lowest BCUT2D eigenvalue weighted by atomic mass is 9.74. The molecule has 2 saturated heterocycles. The summed E-state index contributed by atoms with van der Waals surface area (Å²) in [6.07, 6.45) is -4.58. The van der Waals surface area contributed by atoms with E-state index < -0.39 is 54.3 Å². The van der Waals surface area contributed by atoms with Crippen LogP contribution in [0, 0.1) is 13.8 Å². The van der Waals surface area contributed by atoms with Gasteiger partial charge >= 0.3 is 20.4 Å². The van der Waals surface area contributed by atoms with E-state index in [-0.39, 0.29) is 5.56 Å². The SMILES string of the molecule is Cc1c(Nc2ccc(NC(=O)c3cccc(C(F)(F)F)c3)c(B3OC(C)(C)C(C)(C)O3)c2C)cccc1B1OC(C)(C)C(C)(C)O1. The summed E-state index contributed by atoms with van der Waals surface area (Å²) in [5.41, 5.74) is 1.71. The molecule has 5 rings (SSSR count). The summed E-state index contributed by atoms with van der Waals surface area (Å²) < 4.78 is 65.5. The first-order chi connectivity index (χ1) is 21.1. The van der Waals surface area contributed by atoms with Gasteiger partial charge in [0.15, 0.2) is 0 Å². The molecule has 244 valence electrons. The molecule has 7 nitrogen and oxygen atoms in total. The fraction of sp³-hybridized carbons (Fsp3) is 0.441. The molecule has 0 aromatic heterocycles. The first-order valence-electron chi connectivity index (χ1n) is 15.3. The van der Waals surface area contributed by atoms with E-state index in [9.17, 15) is 18.0 Å². The number of carbonyl (C=O) groups is 1. The molecule has 3 aromatic carbocycles. The second-order valence-electron chi connectivity index (χ2n) is 14.1. The van der Waals surface area contributed by atoms with Crippen molar-refractivity contribution in [3.05, 3.63) is 76.9 Å². The van der Waals surface area contributed by atoms with E-state index in [0.29, 0.717) is 11.2 Å². The zero-order chi connectivity index (χ0) is 34.0. The number of alkyl halides is 3. The van der Waals surface area contributed by atoms with Crippen molar-refractivity contribution in [3.63, 3.8) is 0 Å². The van der Waals surface area contributed by atoms with Crippen molar-refractivity contribution in [2.45, 2.75) is 97.8 Å². The van der Waals surface area contributed by atoms with Crippen molar-refractivity contribution in [2.24, 2.45) is 0 Å². The Balaban J connectivity index is 1.51. The van der Waals surface area contributed by atoms with Crippen LogP contribution in [0.25, 0.3) is 0 Å². The first-order valence-corrected chi connectivity index (χ1v) is 15.3. The third kappa shape index (κ3) is 6.20. The van der Waals surface area contributed by atoms with Crippen LogP contribution in [-0.4, -0.2) is 42.5 Å². The minimum absolute atomic E-state index is 0.121. The molecule has 0 atom stereocenters. The summed E-state index contributed by atoms with van der Waals surface area (Å²) in [5.74, 6) is -0.685. The van der Waals surface area contributed by atoms with Crippen LogP contribution < -0.4 is 21.6 Å². The highest BCUT2D eigenvalue weighted by Gasteiger charge is 2.53. The van der Waals surface area contributed by atoms with Crippen molar-refractivity contribution < 1.29 is 36.6 Å². The van der Waals surface area contributed by atoms with E-state index in [2.05, 4.69) is 10.6 Å². The summed E-state index contributed by atoms with van der Waals surface area (Å²) in [4.78, 5) is 13.3. The molecule has 1 amide bonds. The molecule has 0 unspecified atom stereocenters. The number of nitrogens with one attached hydrogen (secondary N) is 2. The fourth-order valence-electron chi connectivity index (χ4n) is 5.43. The maximum atomic E-state index is 13.4. The van der Waals surface area contributed by atoms with Crippen LogP contribution in [0.15, 0.2) is 54.6 Å². The van der Waals surface area contributed by atoms with Crippen molar-refractivity contribution in [1.82, 2.24) is 0 Å². The summed E-state index contributed by atoms with van der Waals surface area (Å²) in [7, 11) is -1.40. The monoisotopic (exact) mass is 636 g/mol. The van der Waals surface area contributed by atoms with Crippen LogP contribution >= 0.6 is 0 Å². The maximum Gasteiger partial charge on any atom is 0.497 e. The van der Waals surface area contributed by atoms with E-state index in [0.717, 1.165) is 40.1 Å². The standard InChI is InChI=1S/C34H41B2F3N2O5/c1-20-24(35-43-30(3,4)31(5,6)44-35)15-12-16-25(20)40-26-17-18-27(28(21(26)2)36-45-32(7,8)33(9,10)46-36)41-29(42)22-13-11-14-23(19-22)34(37,38)39/h11-19,40H,1-10H3,(H,41,42). The number of hydrogen-bond donors (Lipinski definition) is 2. The summed E-state index contributed by atoms with van der Waals surface area (Å²) >= 11 is 0. The molecule has 2 heterocycles. The number of rotatable bonds is 6. The predicted octanol–water partition coefficient (Wildman–Crippen LogP) is 6.92. The minimum atomic E-state index is -4.58. The second kappa shape index (κ2) is 11.4. The van der Waals surface area contributed by atoms with Gasteiger partial charge in [-0.25, -0.2) is 0 Å². The van der Waals surface area contributed by atoms with Gasteiger partial charge < -0.3 is 29.3 Å². The number of anilines is 3. The van der Waals surface area contributed by atoms with Gasteiger partial charge in [-0.1, -0.05) is 18.2 Å². The smallest absolute Gasteiger partial charge is 0.399 e. The normalized spacial score (nSPS) is 19.8. The third-order valence-electron chi connectivity index (χ3n) is 9.86. The van der Waals surface area contributed by atoms with Gasteiger partial charge in [-0.2, -0.15) is 13.2 Å². The molecule has 0 spiro atoms. The molecule has 2 N–H and O–H groups in total. The van der Waals surface area contributed by atoms with Gasteiger partial charge in [0.1, 0.15) is 0 Å². The predicted molar refractivity (Wildman–Crippen MR) is 176 cm³/mol. The number of carbonyl (C=O) groups excluding carboxylic acids is 1. The number of benzene rings is 3. The molecule has 0 bridgehead atoms. The Morgan fingerprint density at radius 2 is 1.17 bits per heavy atom. The highest BCUT2D eigenvalue weighted by molar-refractivity contribution is 6.65. The summed E-state index contributed by atoms with van der Waals surface area (Å²) in [6, 6.07) is 13.7. The largest absolute Gasteiger partial charge is 0.497 e. The van der Waals surface area contributed by atoms with Gasteiger partial charge in [-0.15, -0.1) is 0 Å². The van der Waals surface area contributed by atoms with Crippen LogP contribution in [-0.2, 0) is 24.8 Å². The van der Waals surface area contributed by atoms with Gasteiger partial charge in [0.2, 0.25) is 0 Å². The molecule has 12 heteroatoms. The Kier molecular flexibility index (Phi) is 8.46. The Labute approximate surface area is 269 Å². The van der Waals surface area contributed by atoms with Gasteiger partial charge in [0.05, 0.1) is 28.0 Å². The number of amides is 1. The van der Waals surface area contributed by atoms with Crippen molar-refractivity contribution in [2.75, 3.05) is 10.6 Å². The lowest BCUT2D eigenvalue weighted by molar-refractivity contribution is -0.137. The van der Waals surface area contributed by atoms with Gasteiger partial charge in [-0.3, -0.25) is 4.79 Å². The number of halogens is 3. The van der Waals surface area contributed by atoms with E-state index in [1.807, 2.05) is 93.5 Å². The lowest BCUT2D eigenvalue weighted by Gasteiger charge is -2.32. The van der Waals surface area contributed by atoms with Crippen LogP contribution in [0.4, 0.5) is 30.2 Å². The molecule has 3 aromatic rings. The lowest BCUT2D eigenvalue weighted by Crippen LogP contribution is -2.41. The minimum Gasteiger partial charge on any atom is -0.399 e. The Hall–Kier alpha value is -3.31. The zero-order valence-electron chi connectivity index (χ0n) is 28.0.